The molecule has 2 aliphatic rings. The zero-order valence-corrected chi connectivity index (χ0v) is 11.9. The van der Waals surface area contributed by atoms with Crippen molar-refractivity contribution in [2.24, 2.45) is 0 Å². The maximum absolute atomic E-state index is 12.3. The monoisotopic (exact) mass is 271 g/mol. The van der Waals surface area contributed by atoms with Gasteiger partial charge in [-0.2, -0.15) is 0 Å². The van der Waals surface area contributed by atoms with Gasteiger partial charge in [0.2, 0.25) is 5.91 Å². The third-order valence-electron chi connectivity index (χ3n) is 4.12. The van der Waals surface area contributed by atoms with E-state index in [0.717, 1.165) is 28.1 Å². The van der Waals surface area contributed by atoms with Crippen molar-refractivity contribution in [3.05, 3.63) is 35.0 Å². The molecule has 0 bridgehead atoms. The number of nitrogens with zero attached hydrogens (tertiary/aromatic N) is 2. The van der Waals surface area contributed by atoms with Gasteiger partial charge in [-0.05, 0) is 31.0 Å². The van der Waals surface area contributed by atoms with E-state index in [-0.39, 0.29) is 18.4 Å². The lowest BCUT2D eigenvalue weighted by Crippen LogP contribution is -2.42. The largest absolute Gasteiger partial charge is 0.350 e. The summed E-state index contributed by atoms with van der Waals surface area (Å²) in [6.07, 6.45) is 0. The molecule has 1 aromatic carbocycles. The highest BCUT2D eigenvalue weighted by atomic mass is 16.2. The Morgan fingerprint density at radius 3 is 2.65 bits per heavy atom. The number of amides is 2. The Morgan fingerprint density at radius 2 is 1.95 bits per heavy atom. The SMILES string of the molecule is C=C1Nc2cc(C)c(C)c3c2N(CC(=O)N(C)C3)C1=O. The molecule has 0 radical (unpaired) electrons. The van der Waals surface area contributed by atoms with Crippen LogP contribution in [0.1, 0.15) is 16.7 Å². The van der Waals surface area contributed by atoms with E-state index in [4.69, 9.17) is 0 Å². The first-order chi connectivity index (χ1) is 9.40. The van der Waals surface area contributed by atoms with Crippen LogP contribution < -0.4 is 10.2 Å². The minimum atomic E-state index is -0.231. The molecule has 5 nitrogen and oxygen atoms in total. The van der Waals surface area contributed by atoms with Crippen molar-refractivity contribution in [1.82, 2.24) is 4.90 Å². The van der Waals surface area contributed by atoms with Crippen LogP contribution >= 0.6 is 0 Å². The summed E-state index contributed by atoms with van der Waals surface area (Å²) < 4.78 is 0. The van der Waals surface area contributed by atoms with Gasteiger partial charge in [-0.25, -0.2) is 0 Å². The summed E-state index contributed by atoms with van der Waals surface area (Å²) in [5.41, 5.74) is 5.28. The summed E-state index contributed by atoms with van der Waals surface area (Å²) in [4.78, 5) is 27.6. The van der Waals surface area contributed by atoms with E-state index >= 15 is 0 Å². The second kappa shape index (κ2) is 4.10. The molecule has 3 rings (SSSR count). The van der Waals surface area contributed by atoms with E-state index in [2.05, 4.69) is 11.9 Å². The maximum atomic E-state index is 12.3. The van der Waals surface area contributed by atoms with Crippen molar-refractivity contribution >= 4 is 23.2 Å². The average molecular weight is 271 g/mol. The molecule has 104 valence electrons. The number of rotatable bonds is 0. The van der Waals surface area contributed by atoms with Crippen molar-refractivity contribution in [3.8, 4) is 0 Å². The number of hydrogen-bond donors (Lipinski definition) is 1. The first-order valence-electron chi connectivity index (χ1n) is 6.55. The lowest BCUT2D eigenvalue weighted by molar-refractivity contribution is -0.129. The zero-order chi connectivity index (χ0) is 14.6. The Kier molecular flexibility index (Phi) is 2.61. The molecule has 0 saturated carbocycles. The zero-order valence-electron chi connectivity index (χ0n) is 11.9. The molecule has 0 saturated heterocycles. The Morgan fingerprint density at radius 1 is 1.25 bits per heavy atom. The Bertz CT molecular complexity index is 664. The number of benzene rings is 1. The highest BCUT2D eigenvalue weighted by molar-refractivity contribution is 6.15. The van der Waals surface area contributed by atoms with E-state index in [1.807, 2.05) is 19.9 Å². The normalized spacial score (nSPS) is 17.9. The number of carbonyl (C=O) groups is 2. The van der Waals surface area contributed by atoms with Crippen molar-refractivity contribution in [1.29, 1.82) is 0 Å². The lowest BCUT2D eigenvalue weighted by atomic mass is 9.97. The van der Waals surface area contributed by atoms with Crippen LogP contribution in [0.2, 0.25) is 0 Å². The Balaban J connectivity index is 2.31. The van der Waals surface area contributed by atoms with Crippen LogP contribution in [0.4, 0.5) is 11.4 Å². The van der Waals surface area contributed by atoms with Gasteiger partial charge in [0.1, 0.15) is 6.54 Å². The van der Waals surface area contributed by atoms with Crippen molar-refractivity contribution in [2.75, 3.05) is 23.8 Å². The summed E-state index contributed by atoms with van der Waals surface area (Å²) in [5.74, 6) is -0.294. The van der Waals surface area contributed by atoms with Gasteiger partial charge in [-0.1, -0.05) is 6.58 Å². The molecule has 0 atom stereocenters. The van der Waals surface area contributed by atoms with Gasteiger partial charge in [-0.3, -0.25) is 14.5 Å². The molecule has 0 fully saturated rings. The number of aryl methyl sites for hydroxylation is 1. The average Bonchev–Trinajstić information content (AvgIpc) is 2.52. The van der Waals surface area contributed by atoms with Gasteiger partial charge in [0.15, 0.2) is 0 Å². The third kappa shape index (κ3) is 1.62. The van der Waals surface area contributed by atoms with E-state index in [1.54, 1.807) is 16.8 Å². The number of nitrogens with one attached hydrogen (secondary N) is 1. The fourth-order valence-corrected chi connectivity index (χ4v) is 2.78. The van der Waals surface area contributed by atoms with Gasteiger partial charge in [0.25, 0.3) is 5.91 Å². The van der Waals surface area contributed by atoms with Crippen LogP contribution in [-0.2, 0) is 16.1 Å². The first kappa shape index (κ1) is 12.7. The van der Waals surface area contributed by atoms with Crippen LogP contribution in [0.5, 0.6) is 0 Å². The van der Waals surface area contributed by atoms with Crippen molar-refractivity contribution < 1.29 is 9.59 Å². The van der Waals surface area contributed by atoms with Crippen LogP contribution in [0.25, 0.3) is 0 Å². The number of anilines is 2. The topological polar surface area (TPSA) is 52.7 Å². The van der Waals surface area contributed by atoms with E-state index < -0.39 is 0 Å². The first-order valence-corrected chi connectivity index (χ1v) is 6.55. The third-order valence-corrected chi connectivity index (χ3v) is 4.12. The molecule has 0 aliphatic carbocycles. The van der Waals surface area contributed by atoms with E-state index in [1.165, 1.54) is 0 Å². The van der Waals surface area contributed by atoms with Gasteiger partial charge < -0.3 is 10.2 Å². The highest BCUT2D eigenvalue weighted by Gasteiger charge is 2.35. The number of likely N-dealkylation sites (N-methyl/N-ethyl adjacent to an activating group) is 1. The smallest absolute Gasteiger partial charge is 0.274 e. The molecular formula is C15H17N3O2. The molecule has 2 amide bonds. The van der Waals surface area contributed by atoms with Crippen LogP contribution in [-0.4, -0.2) is 30.3 Å². The summed E-state index contributed by atoms with van der Waals surface area (Å²) in [5, 5.41) is 3.06. The van der Waals surface area contributed by atoms with Crippen molar-refractivity contribution in [3.63, 3.8) is 0 Å². The summed E-state index contributed by atoms with van der Waals surface area (Å²) in [6, 6.07) is 2.01. The highest BCUT2D eigenvalue weighted by Crippen LogP contribution is 2.40. The molecule has 2 aliphatic heterocycles. The molecule has 0 aromatic heterocycles. The predicted molar refractivity (Wildman–Crippen MR) is 77.5 cm³/mol. The molecule has 5 heteroatoms. The summed E-state index contributed by atoms with van der Waals surface area (Å²) in [7, 11) is 1.77. The summed E-state index contributed by atoms with van der Waals surface area (Å²) >= 11 is 0. The van der Waals surface area contributed by atoms with Gasteiger partial charge in [-0.15, -0.1) is 0 Å². The Hall–Kier alpha value is -2.30. The fourth-order valence-electron chi connectivity index (χ4n) is 2.78. The van der Waals surface area contributed by atoms with Gasteiger partial charge in [0, 0.05) is 19.2 Å². The quantitative estimate of drug-likeness (QED) is 0.728. The molecule has 0 spiro atoms. The molecule has 2 heterocycles. The van der Waals surface area contributed by atoms with Gasteiger partial charge >= 0.3 is 0 Å². The second-order valence-electron chi connectivity index (χ2n) is 5.44. The fraction of sp³-hybridized carbons (Fsp3) is 0.333. The van der Waals surface area contributed by atoms with E-state index in [9.17, 15) is 9.59 Å². The molecular weight excluding hydrogens is 254 g/mol. The maximum Gasteiger partial charge on any atom is 0.274 e. The van der Waals surface area contributed by atoms with Gasteiger partial charge in [0.05, 0.1) is 17.1 Å². The van der Waals surface area contributed by atoms with Crippen LogP contribution in [0.15, 0.2) is 18.3 Å². The van der Waals surface area contributed by atoms with Crippen LogP contribution in [0, 0.1) is 13.8 Å². The van der Waals surface area contributed by atoms with Crippen molar-refractivity contribution in [2.45, 2.75) is 20.4 Å². The number of hydrogen-bond acceptors (Lipinski definition) is 3. The second-order valence-corrected chi connectivity index (χ2v) is 5.44. The van der Waals surface area contributed by atoms with E-state index in [0.29, 0.717) is 12.2 Å². The van der Waals surface area contributed by atoms with Crippen LogP contribution in [0.3, 0.4) is 0 Å². The molecule has 1 N–H and O–H groups in total. The molecule has 1 aromatic rings. The molecule has 20 heavy (non-hydrogen) atoms. The number of carbonyl (C=O) groups excluding carboxylic acids is 2. The Labute approximate surface area is 117 Å². The predicted octanol–water partition coefficient (Wildman–Crippen LogP) is 1.55. The standard InChI is InChI=1S/C15H17N3O2/c1-8-5-12-14-11(9(8)2)6-17(4)13(19)7-18(14)15(20)10(3)16-12/h5,16H,3,6-7H2,1-2,4H3. The minimum absolute atomic E-state index is 0.0627. The minimum Gasteiger partial charge on any atom is -0.350 e. The lowest BCUT2D eigenvalue weighted by Gasteiger charge is -2.32. The summed E-state index contributed by atoms with van der Waals surface area (Å²) in [6.45, 7) is 8.39. The molecule has 0 unspecified atom stereocenters.